The van der Waals surface area contributed by atoms with Gasteiger partial charge in [0.2, 0.25) is 5.91 Å². The van der Waals surface area contributed by atoms with Gasteiger partial charge in [0.1, 0.15) is 16.7 Å². The maximum Gasteiger partial charge on any atom is 0.433 e. The topological polar surface area (TPSA) is 91.9 Å². The van der Waals surface area contributed by atoms with E-state index in [-0.39, 0.29) is 17.8 Å². The number of nitrogens with zero attached hydrogens (tertiary/aromatic N) is 3. The van der Waals surface area contributed by atoms with E-state index in [9.17, 15) is 14.9 Å². The third-order valence-corrected chi connectivity index (χ3v) is 3.27. The van der Waals surface area contributed by atoms with Crippen molar-refractivity contribution in [3.05, 3.63) is 28.0 Å². The molecule has 0 aliphatic carbocycles. The number of nitro groups is 1. The summed E-state index contributed by atoms with van der Waals surface area (Å²) in [6, 6.07) is 2.64. The minimum Gasteiger partial charge on any atom is -0.404 e. The highest BCUT2D eigenvalue weighted by Crippen LogP contribution is 2.19. The predicted molar refractivity (Wildman–Crippen MR) is 71.1 cm³/mol. The normalized spacial score (nSPS) is 19.8. The highest BCUT2D eigenvalue weighted by molar-refractivity contribution is 5.81. The summed E-state index contributed by atoms with van der Waals surface area (Å²) in [6.07, 6.45) is 0. The number of hydrogen-bond donors (Lipinski definition) is 1. The van der Waals surface area contributed by atoms with E-state index in [1.54, 1.807) is 25.1 Å². The van der Waals surface area contributed by atoms with Gasteiger partial charge >= 0.3 is 5.88 Å². The Morgan fingerprint density at radius 2 is 2.35 bits per heavy atom. The highest BCUT2D eigenvalue weighted by Gasteiger charge is 2.30. The van der Waals surface area contributed by atoms with Crippen LogP contribution in [0.1, 0.15) is 5.76 Å². The number of likely N-dealkylation sites (N-methyl/N-ethyl adjacent to an activating group) is 1. The summed E-state index contributed by atoms with van der Waals surface area (Å²) in [7, 11) is 3.43. The van der Waals surface area contributed by atoms with E-state index in [0.29, 0.717) is 25.4 Å². The first kappa shape index (κ1) is 14.5. The first-order valence-electron chi connectivity index (χ1n) is 6.38. The smallest absolute Gasteiger partial charge is 0.404 e. The third kappa shape index (κ3) is 3.14. The van der Waals surface area contributed by atoms with Crippen molar-refractivity contribution in [3.63, 3.8) is 0 Å². The van der Waals surface area contributed by atoms with Crippen LogP contribution in [0.4, 0.5) is 5.88 Å². The molecule has 1 N–H and O–H groups in total. The van der Waals surface area contributed by atoms with Gasteiger partial charge in [-0.1, -0.05) is 0 Å². The Morgan fingerprint density at radius 3 is 2.95 bits per heavy atom. The second kappa shape index (κ2) is 6.02. The molecule has 1 atom stereocenters. The molecule has 0 radical (unpaired) electrons. The van der Waals surface area contributed by atoms with Gasteiger partial charge in [-0.2, -0.15) is 0 Å². The number of carbonyl (C=O) groups excluding carboxylic acids is 1. The molecule has 110 valence electrons. The van der Waals surface area contributed by atoms with Gasteiger partial charge in [-0.05, 0) is 6.07 Å². The van der Waals surface area contributed by atoms with Crippen LogP contribution < -0.4 is 5.32 Å². The SMILES string of the molecule is CN(C)C(=O)C1CNCCN1Cc1ccc([N+](=O)[O-])o1. The molecule has 2 heterocycles. The fraction of sp³-hybridized carbons (Fsp3) is 0.583. The summed E-state index contributed by atoms with van der Waals surface area (Å²) >= 11 is 0. The number of hydrogen-bond acceptors (Lipinski definition) is 6. The Morgan fingerprint density at radius 1 is 1.60 bits per heavy atom. The molecular formula is C12H18N4O4. The van der Waals surface area contributed by atoms with Gasteiger partial charge in [-0.3, -0.25) is 19.8 Å². The fourth-order valence-electron chi connectivity index (χ4n) is 2.23. The number of nitrogens with one attached hydrogen (secondary N) is 1. The zero-order valence-electron chi connectivity index (χ0n) is 11.5. The molecular weight excluding hydrogens is 264 g/mol. The molecule has 1 unspecified atom stereocenters. The maximum atomic E-state index is 12.1. The number of rotatable bonds is 4. The Bertz CT molecular complexity index is 499. The minimum atomic E-state index is -0.566. The van der Waals surface area contributed by atoms with Gasteiger partial charge in [-0.15, -0.1) is 0 Å². The van der Waals surface area contributed by atoms with E-state index in [1.165, 1.54) is 6.07 Å². The summed E-state index contributed by atoms with van der Waals surface area (Å²) < 4.78 is 5.15. The van der Waals surface area contributed by atoms with Gasteiger partial charge in [-0.25, -0.2) is 0 Å². The molecule has 1 aliphatic rings. The largest absolute Gasteiger partial charge is 0.433 e. The van der Waals surface area contributed by atoms with Crippen molar-refractivity contribution in [2.75, 3.05) is 33.7 Å². The van der Waals surface area contributed by atoms with E-state index >= 15 is 0 Å². The summed E-state index contributed by atoms with van der Waals surface area (Å²) in [4.78, 5) is 25.7. The third-order valence-electron chi connectivity index (χ3n) is 3.27. The Hall–Kier alpha value is -1.93. The average Bonchev–Trinajstić information content (AvgIpc) is 2.87. The molecule has 1 aromatic heterocycles. The predicted octanol–water partition coefficient (Wildman–Crippen LogP) is 0.0498. The molecule has 1 aliphatic heterocycles. The van der Waals surface area contributed by atoms with Crippen molar-refractivity contribution in [1.29, 1.82) is 0 Å². The molecule has 1 saturated heterocycles. The molecule has 8 heteroatoms. The van der Waals surface area contributed by atoms with Crippen LogP contribution in [0, 0.1) is 10.1 Å². The molecule has 0 spiro atoms. The minimum absolute atomic E-state index is 0.0123. The molecule has 1 amide bonds. The molecule has 2 rings (SSSR count). The van der Waals surface area contributed by atoms with Crippen molar-refractivity contribution < 1.29 is 14.1 Å². The van der Waals surface area contributed by atoms with Crippen LogP contribution >= 0.6 is 0 Å². The van der Waals surface area contributed by atoms with E-state index < -0.39 is 4.92 Å². The lowest BCUT2D eigenvalue weighted by Crippen LogP contribution is -2.57. The van der Waals surface area contributed by atoms with Crippen molar-refractivity contribution >= 4 is 11.8 Å². The molecule has 0 aromatic carbocycles. The number of carbonyl (C=O) groups is 1. The van der Waals surface area contributed by atoms with Gasteiger partial charge in [0.15, 0.2) is 0 Å². The second-order valence-electron chi connectivity index (χ2n) is 4.92. The van der Waals surface area contributed by atoms with Crippen molar-refractivity contribution in [2.45, 2.75) is 12.6 Å². The van der Waals surface area contributed by atoms with Crippen LogP contribution in [0.15, 0.2) is 16.5 Å². The lowest BCUT2D eigenvalue weighted by atomic mass is 10.1. The average molecular weight is 282 g/mol. The van der Waals surface area contributed by atoms with Crippen LogP contribution in [0.25, 0.3) is 0 Å². The van der Waals surface area contributed by atoms with Gasteiger partial charge in [0.05, 0.1) is 12.6 Å². The summed E-state index contributed by atoms with van der Waals surface area (Å²) in [5.74, 6) is 0.235. The Kier molecular flexibility index (Phi) is 4.35. The van der Waals surface area contributed by atoms with Crippen LogP contribution in [0.3, 0.4) is 0 Å². The summed E-state index contributed by atoms with van der Waals surface area (Å²) in [6.45, 7) is 2.43. The number of furan rings is 1. The number of amides is 1. The van der Waals surface area contributed by atoms with Gasteiger partial charge < -0.3 is 14.6 Å². The molecule has 0 saturated carbocycles. The molecule has 20 heavy (non-hydrogen) atoms. The Labute approximate surface area is 116 Å². The van der Waals surface area contributed by atoms with Crippen LogP contribution in [-0.4, -0.2) is 60.4 Å². The van der Waals surface area contributed by atoms with Crippen molar-refractivity contribution in [1.82, 2.24) is 15.1 Å². The molecule has 0 bridgehead atoms. The zero-order chi connectivity index (χ0) is 14.7. The summed E-state index contributed by atoms with van der Waals surface area (Å²) in [5, 5.41) is 13.8. The first-order valence-corrected chi connectivity index (χ1v) is 6.38. The monoisotopic (exact) mass is 282 g/mol. The van der Waals surface area contributed by atoms with E-state index in [0.717, 1.165) is 6.54 Å². The standard InChI is InChI=1S/C12H18N4O4/c1-14(2)12(17)10-7-13-5-6-15(10)8-9-3-4-11(20-9)16(18)19/h3-4,10,13H,5-8H2,1-2H3. The molecule has 8 nitrogen and oxygen atoms in total. The number of piperazine rings is 1. The van der Waals surface area contributed by atoms with Crippen molar-refractivity contribution in [2.24, 2.45) is 0 Å². The first-order chi connectivity index (χ1) is 9.49. The zero-order valence-corrected chi connectivity index (χ0v) is 11.5. The summed E-state index contributed by atoms with van der Waals surface area (Å²) in [5.41, 5.74) is 0. The molecule has 1 fully saturated rings. The fourth-order valence-corrected chi connectivity index (χ4v) is 2.23. The molecule has 1 aromatic rings. The van der Waals surface area contributed by atoms with Gasteiger partial charge in [0.25, 0.3) is 0 Å². The van der Waals surface area contributed by atoms with Crippen LogP contribution in [-0.2, 0) is 11.3 Å². The van der Waals surface area contributed by atoms with E-state index in [2.05, 4.69) is 5.32 Å². The van der Waals surface area contributed by atoms with E-state index in [1.807, 2.05) is 4.90 Å². The van der Waals surface area contributed by atoms with Crippen LogP contribution in [0.2, 0.25) is 0 Å². The van der Waals surface area contributed by atoms with E-state index in [4.69, 9.17) is 4.42 Å². The lowest BCUT2D eigenvalue weighted by Gasteiger charge is -2.35. The van der Waals surface area contributed by atoms with Crippen LogP contribution in [0.5, 0.6) is 0 Å². The second-order valence-corrected chi connectivity index (χ2v) is 4.92. The maximum absolute atomic E-state index is 12.1. The van der Waals surface area contributed by atoms with Gasteiger partial charge in [0, 0.05) is 33.7 Å². The quantitative estimate of drug-likeness (QED) is 0.619. The lowest BCUT2D eigenvalue weighted by molar-refractivity contribution is -0.402. The van der Waals surface area contributed by atoms with Crippen molar-refractivity contribution in [3.8, 4) is 0 Å². The highest BCUT2D eigenvalue weighted by atomic mass is 16.6. The Balaban J connectivity index is 2.08.